The van der Waals surface area contributed by atoms with Crippen LogP contribution in [0.3, 0.4) is 0 Å². The summed E-state index contributed by atoms with van der Waals surface area (Å²) in [6.07, 6.45) is 2.49. The first kappa shape index (κ1) is 15.5. The summed E-state index contributed by atoms with van der Waals surface area (Å²) >= 11 is 3.51. The zero-order chi connectivity index (χ0) is 16.1. The van der Waals surface area contributed by atoms with Gasteiger partial charge >= 0.3 is 6.03 Å². The summed E-state index contributed by atoms with van der Waals surface area (Å²) in [5.74, 6) is 0. The van der Waals surface area contributed by atoms with Gasteiger partial charge in [0.05, 0.1) is 11.2 Å². The van der Waals surface area contributed by atoms with E-state index in [1.165, 1.54) is 5.56 Å². The van der Waals surface area contributed by atoms with E-state index in [0.717, 1.165) is 21.8 Å². The first-order valence-electron chi connectivity index (χ1n) is 7.36. The Hall–Kier alpha value is -2.40. The maximum Gasteiger partial charge on any atom is 0.319 e. The van der Waals surface area contributed by atoms with Gasteiger partial charge in [-0.15, -0.1) is 0 Å². The molecule has 4 nitrogen and oxygen atoms in total. The molecule has 0 spiro atoms. The van der Waals surface area contributed by atoms with Crippen LogP contribution in [-0.4, -0.2) is 17.6 Å². The van der Waals surface area contributed by atoms with E-state index in [1.807, 2.05) is 54.6 Å². The highest BCUT2D eigenvalue weighted by Crippen LogP contribution is 2.20. The number of rotatable bonds is 4. The van der Waals surface area contributed by atoms with Crippen LogP contribution in [0, 0.1) is 0 Å². The standard InChI is InChI=1S/C18H16BrN3O/c19-15-8-2-1-5-13(15)10-12-21-18(23)22-16-9-3-6-14-7-4-11-20-17(14)16/h1-9,11H,10,12H2,(H2,21,22,23). The van der Waals surface area contributed by atoms with E-state index in [1.54, 1.807) is 6.20 Å². The average molecular weight is 370 g/mol. The van der Waals surface area contributed by atoms with Gasteiger partial charge in [-0.25, -0.2) is 4.79 Å². The molecule has 0 aliphatic carbocycles. The van der Waals surface area contributed by atoms with Crippen molar-refractivity contribution in [1.82, 2.24) is 10.3 Å². The van der Waals surface area contributed by atoms with Crippen LogP contribution in [0.5, 0.6) is 0 Å². The molecule has 2 amide bonds. The third-order valence-electron chi connectivity index (χ3n) is 3.52. The fourth-order valence-corrected chi connectivity index (χ4v) is 2.87. The number of hydrogen-bond acceptors (Lipinski definition) is 2. The molecule has 23 heavy (non-hydrogen) atoms. The number of benzene rings is 2. The Morgan fingerprint density at radius 3 is 2.74 bits per heavy atom. The van der Waals surface area contributed by atoms with E-state index in [2.05, 4.69) is 31.5 Å². The molecule has 0 aliphatic heterocycles. The van der Waals surface area contributed by atoms with Crippen LogP contribution >= 0.6 is 15.9 Å². The lowest BCUT2D eigenvalue weighted by molar-refractivity contribution is 0.252. The molecule has 2 N–H and O–H groups in total. The number of nitrogens with one attached hydrogen (secondary N) is 2. The number of carbonyl (C=O) groups excluding carboxylic acids is 1. The number of carbonyl (C=O) groups is 1. The van der Waals surface area contributed by atoms with Gasteiger partial charge in [0, 0.05) is 22.6 Å². The van der Waals surface area contributed by atoms with Crippen LogP contribution in [0.4, 0.5) is 10.5 Å². The molecule has 0 unspecified atom stereocenters. The summed E-state index contributed by atoms with van der Waals surface area (Å²) in [6.45, 7) is 0.562. The number of nitrogens with zero attached hydrogens (tertiary/aromatic N) is 1. The fraction of sp³-hybridized carbons (Fsp3) is 0.111. The molecule has 116 valence electrons. The Morgan fingerprint density at radius 2 is 1.87 bits per heavy atom. The molecule has 0 saturated heterocycles. The van der Waals surface area contributed by atoms with Crippen molar-refractivity contribution in [2.75, 3.05) is 11.9 Å². The van der Waals surface area contributed by atoms with Gasteiger partial charge in [-0.1, -0.05) is 52.3 Å². The van der Waals surface area contributed by atoms with Crippen LogP contribution in [0.2, 0.25) is 0 Å². The topological polar surface area (TPSA) is 54.0 Å². The predicted molar refractivity (Wildman–Crippen MR) is 96.6 cm³/mol. The minimum atomic E-state index is -0.227. The SMILES string of the molecule is O=C(NCCc1ccccc1Br)Nc1cccc2cccnc12. The monoisotopic (exact) mass is 369 g/mol. The van der Waals surface area contributed by atoms with Gasteiger partial charge in [0.1, 0.15) is 0 Å². The molecule has 0 aliphatic rings. The van der Waals surface area contributed by atoms with Crippen LogP contribution in [0.1, 0.15) is 5.56 Å². The largest absolute Gasteiger partial charge is 0.338 e. The lowest BCUT2D eigenvalue weighted by atomic mass is 10.1. The Morgan fingerprint density at radius 1 is 1.04 bits per heavy atom. The van der Waals surface area contributed by atoms with E-state index in [0.29, 0.717) is 12.2 Å². The zero-order valence-electron chi connectivity index (χ0n) is 12.4. The van der Waals surface area contributed by atoms with Gasteiger partial charge in [-0.3, -0.25) is 4.98 Å². The molecule has 3 rings (SSSR count). The van der Waals surface area contributed by atoms with Gasteiger partial charge in [-0.05, 0) is 30.2 Å². The van der Waals surface area contributed by atoms with Crippen LogP contribution < -0.4 is 10.6 Å². The molecule has 2 aromatic carbocycles. The first-order chi connectivity index (χ1) is 11.2. The molecule has 0 saturated carbocycles. The minimum absolute atomic E-state index is 0.227. The normalized spacial score (nSPS) is 10.5. The Labute approximate surface area is 143 Å². The van der Waals surface area contributed by atoms with Crippen molar-refractivity contribution in [3.05, 3.63) is 70.8 Å². The maximum absolute atomic E-state index is 12.1. The number of pyridine rings is 1. The zero-order valence-corrected chi connectivity index (χ0v) is 14.0. The molecular weight excluding hydrogens is 354 g/mol. The van der Waals surface area contributed by atoms with Crippen molar-refractivity contribution in [1.29, 1.82) is 0 Å². The van der Waals surface area contributed by atoms with E-state index in [9.17, 15) is 4.79 Å². The van der Waals surface area contributed by atoms with Crippen LogP contribution in [-0.2, 0) is 6.42 Å². The average Bonchev–Trinajstić information content (AvgIpc) is 2.57. The van der Waals surface area contributed by atoms with E-state index < -0.39 is 0 Å². The highest BCUT2D eigenvalue weighted by Gasteiger charge is 2.06. The summed E-state index contributed by atoms with van der Waals surface area (Å²) in [5.41, 5.74) is 2.66. The Balaban J connectivity index is 1.60. The third-order valence-corrected chi connectivity index (χ3v) is 4.29. The minimum Gasteiger partial charge on any atom is -0.338 e. The van der Waals surface area contributed by atoms with Gasteiger partial charge < -0.3 is 10.6 Å². The van der Waals surface area contributed by atoms with E-state index in [-0.39, 0.29) is 6.03 Å². The second-order valence-corrected chi connectivity index (χ2v) is 5.96. The summed E-state index contributed by atoms with van der Waals surface area (Å²) in [4.78, 5) is 16.4. The molecule has 0 atom stereocenters. The second kappa shape index (κ2) is 7.24. The van der Waals surface area contributed by atoms with Crippen molar-refractivity contribution in [2.24, 2.45) is 0 Å². The van der Waals surface area contributed by atoms with Gasteiger partial charge in [0.25, 0.3) is 0 Å². The third kappa shape index (κ3) is 3.87. The van der Waals surface area contributed by atoms with E-state index >= 15 is 0 Å². The second-order valence-electron chi connectivity index (χ2n) is 5.10. The fourth-order valence-electron chi connectivity index (χ4n) is 2.38. The number of halogens is 1. The summed E-state index contributed by atoms with van der Waals surface area (Å²) in [5, 5.41) is 6.73. The Bertz CT molecular complexity index is 830. The highest BCUT2D eigenvalue weighted by molar-refractivity contribution is 9.10. The van der Waals surface area contributed by atoms with Crippen molar-refractivity contribution < 1.29 is 4.79 Å². The summed E-state index contributed by atoms with van der Waals surface area (Å²) < 4.78 is 1.06. The molecule has 1 heterocycles. The smallest absolute Gasteiger partial charge is 0.319 e. The van der Waals surface area contributed by atoms with Crippen molar-refractivity contribution in [2.45, 2.75) is 6.42 Å². The molecule has 1 aromatic heterocycles. The van der Waals surface area contributed by atoms with Crippen LogP contribution in [0.15, 0.2) is 65.3 Å². The lowest BCUT2D eigenvalue weighted by Crippen LogP contribution is -2.30. The number of hydrogen-bond donors (Lipinski definition) is 2. The summed E-state index contributed by atoms with van der Waals surface area (Å²) in [6, 6.07) is 17.3. The number of amides is 2. The number of aromatic nitrogens is 1. The highest BCUT2D eigenvalue weighted by atomic mass is 79.9. The molecule has 5 heteroatoms. The number of urea groups is 1. The number of anilines is 1. The van der Waals surface area contributed by atoms with Crippen LogP contribution in [0.25, 0.3) is 10.9 Å². The number of fused-ring (bicyclic) bond motifs is 1. The van der Waals surface area contributed by atoms with Gasteiger partial charge in [0.2, 0.25) is 0 Å². The number of para-hydroxylation sites is 1. The molecular formula is C18H16BrN3O. The Kier molecular flexibility index (Phi) is 4.88. The van der Waals surface area contributed by atoms with Gasteiger partial charge in [-0.2, -0.15) is 0 Å². The quantitative estimate of drug-likeness (QED) is 0.717. The molecule has 0 fully saturated rings. The van der Waals surface area contributed by atoms with E-state index in [4.69, 9.17) is 0 Å². The van der Waals surface area contributed by atoms with Crippen molar-refractivity contribution >= 4 is 38.6 Å². The van der Waals surface area contributed by atoms with Gasteiger partial charge in [0.15, 0.2) is 0 Å². The molecule has 0 bridgehead atoms. The molecule has 0 radical (unpaired) electrons. The molecule has 3 aromatic rings. The first-order valence-corrected chi connectivity index (χ1v) is 8.15. The lowest BCUT2D eigenvalue weighted by Gasteiger charge is -2.10. The van der Waals surface area contributed by atoms with Crippen molar-refractivity contribution in [3.63, 3.8) is 0 Å². The summed E-state index contributed by atoms with van der Waals surface area (Å²) in [7, 11) is 0. The predicted octanol–water partition coefficient (Wildman–Crippen LogP) is 4.36. The van der Waals surface area contributed by atoms with Crippen molar-refractivity contribution in [3.8, 4) is 0 Å². The maximum atomic E-state index is 12.1.